The van der Waals surface area contributed by atoms with Gasteiger partial charge >= 0.3 is 6.03 Å². The van der Waals surface area contributed by atoms with Crippen molar-refractivity contribution in [2.75, 3.05) is 26.1 Å². The summed E-state index contributed by atoms with van der Waals surface area (Å²) in [7, 11) is 3.19. The van der Waals surface area contributed by atoms with Gasteiger partial charge in [-0.1, -0.05) is 12.1 Å². The Morgan fingerprint density at radius 1 is 1.00 bits per heavy atom. The normalized spacial score (nSPS) is 12.8. The van der Waals surface area contributed by atoms with E-state index < -0.39 is 5.60 Å². The second-order valence-corrected chi connectivity index (χ2v) is 6.06. The summed E-state index contributed by atoms with van der Waals surface area (Å²) in [5.74, 6) is 1.48. The molecule has 0 radical (unpaired) electrons. The second kappa shape index (κ2) is 8.39. The molecule has 0 aliphatic carbocycles. The Kier molecular flexibility index (Phi) is 6.25. The van der Waals surface area contributed by atoms with E-state index in [1.165, 1.54) is 0 Å². The van der Waals surface area contributed by atoms with Gasteiger partial charge in [-0.2, -0.15) is 0 Å². The molecule has 25 heavy (non-hydrogen) atoms. The Morgan fingerprint density at radius 3 is 2.04 bits per heavy atom. The maximum atomic E-state index is 12.0. The fraction of sp³-hybridized carbons (Fsp3) is 0.316. The number of ether oxygens (including phenoxy) is 2. The van der Waals surface area contributed by atoms with E-state index in [4.69, 9.17) is 9.47 Å². The van der Waals surface area contributed by atoms with Crippen LogP contribution in [0.2, 0.25) is 0 Å². The Morgan fingerprint density at radius 2 is 1.52 bits per heavy atom. The zero-order valence-electron chi connectivity index (χ0n) is 14.7. The third-order valence-corrected chi connectivity index (χ3v) is 3.72. The molecule has 0 spiro atoms. The van der Waals surface area contributed by atoms with Crippen molar-refractivity contribution < 1.29 is 19.4 Å². The topological polar surface area (TPSA) is 79.8 Å². The molecule has 2 amide bonds. The fourth-order valence-electron chi connectivity index (χ4n) is 2.37. The lowest BCUT2D eigenvalue weighted by Crippen LogP contribution is -2.43. The van der Waals surface area contributed by atoms with Crippen molar-refractivity contribution in [1.82, 2.24) is 5.32 Å². The van der Waals surface area contributed by atoms with Crippen molar-refractivity contribution in [1.29, 1.82) is 0 Å². The summed E-state index contributed by atoms with van der Waals surface area (Å²) in [6.07, 6.45) is 0.416. The average molecular weight is 344 g/mol. The smallest absolute Gasteiger partial charge is 0.319 e. The number of benzene rings is 2. The van der Waals surface area contributed by atoms with Gasteiger partial charge in [-0.15, -0.1) is 0 Å². The van der Waals surface area contributed by atoms with Gasteiger partial charge in [0.2, 0.25) is 0 Å². The molecule has 1 atom stereocenters. The minimum Gasteiger partial charge on any atom is -0.497 e. The van der Waals surface area contributed by atoms with E-state index in [0.29, 0.717) is 17.9 Å². The van der Waals surface area contributed by atoms with Gasteiger partial charge in [0.1, 0.15) is 11.5 Å². The van der Waals surface area contributed by atoms with Crippen molar-refractivity contribution in [3.8, 4) is 11.5 Å². The second-order valence-electron chi connectivity index (χ2n) is 6.06. The summed E-state index contributed by atoms with van der Waals surface area (Å²) in [4.78, 5) is 12.0. The maximum Gasteiger partial charge on any atom is 0.319 e. The van der Waals surface area contributed by atoms with Crippen LogP contribution < -0.4 is 20.1 Å². The van der Waals surface area contributed by atoms with Crippen molar-refractivity contribution in [3.63, 3.8) is 0 Å². The Hall–Kier alpha value is -2.73. The number of hydrogen-bond acceptors (Lipinski definition) is 4. The number of rotatable bonds is 7. The van der Waals surface area contributed by atoms with Gasteiger partial charge in [0.25, 0.3) is 0 Å². The van der Waals surface area contributed by atoms with Gasteiger partial charge in [-0.3, -0.25) is 0 Å². The lowest BCUT2D eigenvalue weighted by molar-refractivity contribution is 0.0629. The fourth-order valence-corrected chi connectivity index (χ4v) is 2.37. The summed E-state index contributed by atoms with van der Waals surface area (Å²) in [5, 5.41) is 15.9. The summed E-state index contributed by atoms with van der Waals surface area (Å²) < 4.78 is 10.2. The molecule has 6 heteroatoms. The SMILES string of the molecule is COc1ccc(CC(C)(O)CNC(=O)Nc2ccc(OC)cc2)cc1. The highest BCUT2D eigenvalue weighted by atomic mass is 16.5. The van der Waals surface area contributed by atoms with Crippen LogP contribution in [0.15, 0.2) is 48.5 Å². The van der Waals surface area contributed by atoms with Gasteiger partial charge in [0.05, 0.1) is 19.8 Å². The first-order valence-electron chi connectivity index (χ1n) is 7.96. The molecule has 134 valence electrons. The van der Waals surface area contributed by atoms with E-state index in [2.05, 4.69) is 10.6 Å². The molecule has 3 N–H and O–H groups in total. The third-order valence-electron chi connectivity index (χ3n) is 3.72. The highest BCUT2D eigenvalue weighted by molar-refractivity contribution is 5.89. The first-order chi connectivity index (χ1) is 11.9. The molecule has 2 aromatic carbocycles. The van der Waals surface area contributed by atoms with E-state index in [9.17, 15) is 9.90 Å². The number of methoxy groups -OCH3 is 2. The molecule has 2 aromatic rings. The summed E-state index contributed by atoms with van der Waals surface area (Å²) in [6.45, 7) is 1.81. The molecular formula is C19H24N2O4. The zero-order chi connectivity index (χ0) is 18.3. The number of carbonyl (C=O) groups is 1. The molecule has 0 saturated heterocycles. The van der Waals surface area contributed by atoms with Gasteiger partial charge in [-0.05, 0) is 48.9 Å². The number of aliphatic hydroxyl groups is 1. The number of amides is 2. The monoisotopic (exact) mass is 344 g/mol. The first kappa shape index (κ1) is 18.6. The predicted molar refractivity (Wildman–Crippen MR) is 97.3 cm³/mol. The van der Waals surface area contributed by atoms with Crippen LogP contribution in [0.3, 0.4) is 0 Å². The molecule has 0 heterocycles. The molecule has 0 aliphatic heterocycles. The summed E-state index contributed by atoms with van der Waals surface area (Å²) in [5.41, 5.74) is 0.544. The summed E-state index contributed by atoms with van der Waals surface area (Å²) >= 11 is 0. The largest absolute Gasteiger partial charge is 0.497 e. The molecule has 1 unspecified atom stereocenters. The standard InChI is InChI=1S/C19H24N2O4/c1-19(23,12-14-4-8-16(24-2)9-5-14)13-20-18(22)21-15-6-10-17(25-3)11-7-15/h4-11,23H,12-13H2,1-3H3,(H2,20,21,22). The number of carbonyl (C=O) groups excluding carboxylic acids is 1. The molecule has 0 aromatic heterocycles. The molecule has 6 nitrogen and oxygen atoms in total. The zero-order valence-corrected chi connectivity index (χ0v) is 14.7. The average Bonchev–Trinajstić information content (AvgIpc) is 2.61. The van der Waals surface area contributed by atoms with Crippen LogP contribution in [0.5, 0.6) is 11.5 Å². The Labute approximate surface area is 147 Å². The first-order valence-corrected chi connectivity index (χ1v) is 7.96. The minimum atomic E-state index is -1.06. The molecule has 0 aliphatic rings. The lowest BCUT2D eigenvalue weighted by Gasteiger charge is -2.24. The Balaban J connectivity index is 1.83. The van der Waals surface area contributed by atoms with Gasteiger partial charge in [-0.25, -0.2) is 4.79 Å². The number of nitrogens with one attached hydrogen (secondary N) is 2. The molecule has 0 fully saturated rings. The number of urea groups is 1. The molecule has 2 rings (SSSR count). The predicted octanol–water partition coefficient (Wildman–Crippen LogP) is 2.82. The van der Waals surface area contributed by atoms with Crippen LogP contribution in [-0.2, 0) is 6.42 Å². The third kappa shape index (κ3) is 6.00. The van der Waals surface area contributed by atoms with Crippen molar-refractivity contribution in [2.45, 2.75) is 18.9 Å². The Bertz CT molecular complexity index is 682. The van der Waals surface area contributed by atoms with Gasteiger partial charge in [0, 0.05) is 18.7 Å². The van der Waals surface area contributed by atoms with E-state index in [1.807, 2.05) is 24.3 Å². The van der Waals surface area contributed by atoms with E-state index >= 15 is 0 Å². The molecular weight excluding hydrogens is 320 g/mol. The van der Waals surface area contributed by atoms with E-state index in [-0.39, 0.29) is 12.6 Å². The van der Waals surface area contributed by atoms with Crippen LogP contribution in [-0.4, -0.2) is 37.5 Å². The molecule has 0 bridgehead atoms. The van der Waals surface area contributed by atoms with Crippen LogP contribution in [0.4, 0.5) is 10.5 Å². The minimum absolute atomic E-state index is 0.126. The number of anilines is 1. The lowest BCUT2D eigenvalue weighted by atomic mass is 9.96. The summed E-state index contributed by atoms with van der Waals surface area (Å²) in [6, 6.07) is 14.1. The van der Waals surface area contributed by atoms with E-state index in [1.54, 1.807) is 45.4 Å². The maximum absolute atomic E-state index is 12.0. The van der Waals surface area contributed by atoms with Gasteiger partial charge < -0.3 is 25.2 Å². The van der Waals surface area contributed by atoms with Crippen LogP contribution in [0, 0.1) is 0 Å². The quantitative estimate of drug-likeness (QED) is 0.721. The van der Waals surface area contributed by atoms with Crippen molar-refractivity contribution in [2.24, 2.45) is 0 Å². The van der Waals surface area contributed by atoms with Crippen LogP contribution in [0.1, 0.15) is 12.5 Å². The molecule has 0 saturated carbocycles. The van der Waals surface area contributed by atoms with E-state index in [0.717, 1.165) is 11.3 Å². The highest BCUT2D eigenvalue weighted by Gasteiger charge is 2.22. The van der Waals surface area contributed by atoms with Crippen LogP contribution in [0.25, 0.3) is 0 Å². The highest BCUT2D eigenvalue weighted by Crippen LogP contribution is 2.17. The number of hydrogen-bond donors (Lipinski definition) is 3. The van der Waals surface area contributed by atoms with Crippen LogP contribution >= 0.6 is 0 Å². The van der Waals surface area contributed by atoms with Crippen molar-refractivity contribution in [3.05, 3.63) is 54.1 Å². The van der Waals surface area contributed by atoms with Crippen molar-refractivity contribution >= 4 is 11.7 Å². The van der Waals surface area contributed by atoms with Gasteiger partial charge in [0.15, 0.2) is 0 Å².